The first kappa shape index (κ1) is 20.3. The monoisotopic (exact) mass is 383 g/mol. The van der Waals surface area contributed by atoms with Gasteiger partial charge in [-0.3, -0.25) is 4.57 Å². The van der Waals surface area contributed by atoms with Crippen molar-refractivity contribution in [3.63, 3.8) is 0 Å². The lowest BCUT2D eigenvalue weighted by Crippen LogP contribution is -2.39. The number of nitrogens with zero attached hydrogens (tertiary/aromatic N) is 5. The fraction of sp³-hybridized carbons (Fsp3) is 0.571. The van der Waals surface area contributed by atoms with Crippen molar-refractivity contribution in [1.82, 2.24) is 30.1 Å². The summed E-state index contributed by atoms with van der Waals surface area (Å²) in [6.45, 7) is 10.5. The molecule has 0 aromatic carbocycles. The Labute approximate surface area is 168 Å². The lowest BCUT2D eigenvalue weighted by atomic mass is 9.99. The standard InChI is InChI=1S/C21H33N7/c1-3-23-21(25-8-4-11-27-12-6-18(2)7-13-27)26-16-19-5-9-24-20(15-19)28-14-10-22-17-28/h5,9-10,14-15,17-18H,3-4,6-8,11-13,16H2,1-2H3,(H2,23,25,26). The minimum Gasteiger partial charge on any atom is -0.357 e. The van der Waals surface area contributed by atoms with Gasteiger partial charge in [-0.15, -0.1) is 0 Å². The zero-order valence-corrected chi connectivity index (χ0v) is 17.1. The molecule has 0 amide bonds. The van der Waals surface area contributed by atoms with Gasteiger partial charge in [0.2, 0.25) is 0 Å². The molecule has 0 unspecified atom stereocenters. The molecule has 2 aromatic rings. The molecule has 3 rings (SSSR count). The maximum Gasteiger partial charge on any atom is 0.191 e. The van der Waals surface area contributed by atoms with Crippen LogP contribution in [0.5, 0.6) is 0 Å². The highest BCUT2D eigenvalue weighted by Crippen LogP contribution is 2.15. The Balaban J connectivity index is 1.46. The van der Waals surface area contributed by atoms with Crippen molar-refractivity contribution in [3.8, 4) is 5.82 Å². The Morgan fingerprint density at radius 2 is 2.11 bits per heavy atom. The second kappa shape index (κ2) is 10.8. The molecular weight excluding hydrogens is 350 g/mol. The van der Waals surface area contributed by atoms with Crippen LogP contribution in [0.3, 0.4) is 0 Å². The van der Waals surface area contributed by atoms with Crippen LogP contribution >= 0.6 is 0 Å². The van der Waals surface area contributed by atoms with Crippen LogP contribution in [0.1, 0.15) is 38.7 Å². The number of guanidine groups is 1. The third kappa shape index (κ3) is 6.34. The number of pyridine rings is 1. The van der Waals surface area contributed by atoms with E-state index in [2.05, 4.69) is 39.3 Å². The fourth-order valence-electron chi connectivity index (χ4n) is 3.40. The van der Waals surface area contributed by atoms with E-state index in [1.165, 1.54) is 25.9 Å². The second-order valence-electron chi connectivity index (χ2n) is 7.49. The van der Waals surface area contributed by atoms with Crippen LogP contribution in [0, 0.1) is 5.92 Å². The molecule has 0 radical (unpaired) electrons. The van der Waals surface area contributed by atoms with E-state index in [0.29, 0.717) is 6.54 Å². The molecule has 7 heteroatoms. The van der Waals surface area contributed by atoms with E-state index in [1.807, 2.05) is 29.1 Å². The molecule has 1 saturated heterocycles. The lowest BCUT2D eigenvalue weighted by Gasteiger charge is -2.30. The van der Waals surface area contributed by atoms with E-state index < -0.39 is 0 Å². The van der Waals surface area contributed by atoms with E-state index in [4.69, 9.17) is 4.99 Å². The molecule has 28 heavy (non-hydrogen) atoms. The van der Waals surface area contributed by atoms with E-state index in [9.17, 15) is 0 Å². The highest BCUT2D eigenvalue weighted by atomic mass is 15.2. The summed E-state index contributed by atoms with van der Waals surface area (Å²) in [5.74, 6) is 2.62. The molecule has 7 nitrogen and oxygen atoms in total. The van der Waals surface area contributed by atoms with Crippen LogP contribution in [0.15, 0.2) is 42.0 Å². The van der Waals surface area contributed by atoms with E-state index in [0.717, 1.165) is 49.3 Å². The third-order valence-corrected chi connectivity index (χ3v) is 5.16. The molecule has 2 aromatic heterocycles. The molecular formula is C21H33N7. The third-order valence-electron chi connectivity index (χ3n) is 5.16. The summed E-state index contributed by atoms with van der Waals surface area (Å²) in [7, 11) is 0. The van der Waals surface area contributed by atoms with Gasteiger partial charge in [-0.2, -0.15) is 0 Å². The fourth-order valence-corrected chi connectivity index (χ4v) is 3.40. The van der Waals surface area contributed by atoms with E-state index in [1.54, 1.807) is 12.5 Å². The molecule has 0 atom stereocenters. The van der Waals surface area contributed by atoms with Gasteiger partial charge in [0.1, 0.15) is 12.1 Å². The quantitative estimate of drug-likeness (QED) is 0.416. The Bertz CT molecular complexity index is 718. The van der Waals surface area contributed by atoms with E-state index in [-0.39, 0.29) is 0 Å². The number of hydrogen-bond acceptors (Lipinski definition) is 4. The molecule has 152 valence electrons. The maximum absolute atomic E-state index is 4.73. The number of imidazole rings is 1. The number of aliphatic imine (C=N–C) groups is 1. The topological polar surface area (TPSA) is 70.4 Å². The van der Waals surface area contributed by atoms with Crippen LogP contribution in [0.25, 0.3) is 5.82 Å². The summed E-state index contributed by atoms with van der Waals surface area (Å²) in [5.41, 5.74) is 1.12. The van der Waals surface area contributed by atoms with Crippen LogP contribution < -0.4 is 10.6 Å². The van der Waals surface area contributed by atoms with Crippen molar-refractivity contribution in [2.45, 2.75) is 39.7 Å². The van der Waals surface area contributed by atoms with Gasteiger partial charge in [0.05, 0.1) is 6.54 Å². The van der Waals surface area contributed by atoms with Gasteiger partial charge in [0, 0.05) is 31.7 Å². The zero-order valence-electron chi connectivity index (χ0n) is 17.1. The molecule has 0 saturated carbocycles. The molecule has 2 N–H and O–H groups in total. The number of hydrogen-bond donors (Lipinski definition) is 2. The van der Waals surface area contributed by atoms with Gasteiger partial charge in [-0.1, -0.05) is 6.92 Å². The van der Waals surface area contributed by atoms with Crippen molar-refractivity contribution < 1.29 is 0 Å². The first-order valence-electron chi connectivity index (χ1n) is 10.4. The van der Waals surface area contributed by atoms with Crippen molar-refractivity contribution >= 4 is 5.96 Å². The van der Waals surface area contributed by atoms with Crippen molar-refractivity contribution in [1.29, 1.82) is 0 Å². The van der Waals surface area contributed by atoms with Crippen LogP contribution in [0.2, 0.25) is 0 Å². The molecule has 0 aliphatic carbocycles. The highest BCUT2D eigenvalue weighted by Gasteiger charge is 2.14. The molecule has 1 fully saturated rings. The summed E-state index contributed by atoms with van der Waals surface area (Å²) in [6, 6.07) is 4.05. The Kier molecular flexibility index (Phi) is 7.84. The van der Waals surface area contributed by atoms with E-state index >= 15 is 0 Å². The number of aromatic nitrogens is 3. The number of likely N-dealkylation sites (tertiary alicyclic amines) is 1. The number of nitrogens with one attached hydrogen (secondary N) is 2. The molecule has 1 aliphatic heterocycles. The predicted octanol–water partition coefficient (Wildman–Crippen LogP) is 2.44. The van der Waals surface area contributed by atoms with Gasteiger partial charge >= 0.3 is 0 Å². The summed E-state index contributed by atoms with van der Waals surface area (Å²) in [5, 5.41) is 6.80. The zero-order chi connectivity index (χ0) is 19.6. The average molecular weight is 384 g/mol. The molecule has 1 aliphatic rings. The van der Waals surface area contributed by atoms with Gasteiger partial charge in [0.15, 0.2) is 5.96 Å². The van der Waals surface area contributed by atoms with Gasteiger partial charge in [0.25, 0.3) is 0 Å². The summed E-state index contributed by atoms with van der Waals surface area (Å²) in [4.78, 5) is 15.8. The Morgan fingerprint density at radius 1 is 1.25 bits per heavy atom. The van der Waals surface area contributed by atoms with Crippen molar-refractivity contribution in [3.05, 3.63) is 42.6 Å². The van der Waals surface area contributed by atoms with Crippen LogP contribution in [0.4, 0.5) is 0 Å². The Hall–Kier alpha value is -2.41. The van der Waals surface area contributed by atoms with Crippen LogP contribution in [-0.4, -0.2) is 58.1 Å². The minimum absolute atomic E-state index is 0.615. The number of piperidine rings is 1. The van der Waals surface area contributed by atoms with Gasteiger partial charge in [-0.05, 0) is 69.4 Å². The summed E-state index contributed by atoms with van der Waals surface area (Å²) < 4.78 is 1.90. The first-order chi connectivity index (χ1) is 13.7. The molecule has 3 heterocycles. The van der Waals surface area contributed by atoms with Crippen molar-refractivity contribution in [2.75, 3.05) is 32.7 Å². The molecule has 0 spiro atoms. The average Bonchev–Trinajstić information content (AvgIpc) is 3.26. The van der Waals surface area contributed by atoms with Crippen LogP contribution in [-0.2, 0) is 6.54 Å². The van der Waals surface area contributed by atoms with Gasteiger partial charge in [-0.25, -0.2) is 15.0 Å². The highest BCUT2D eigenvalue weighted by molar-refractivity contribution is 5.79. The molecule has 0 bridgehead atoms. The lowest BCUT2D eigenvalue weighted by molar-refractivity contribution is 0.191. The minimum atomic E-state index is 0.615. The van der Waals surface area contributed by atoms with Crippen molar-refractivity contribution in [2.24, 2.45) is 10.9 Å². The first-order valence-corrected chi connectivity index (χ1v) is 10.4. The predicted molar refractivity (Wildman–Crippen MR) is 114 cm³/mol. The SMILES string of the molecule is CCNC(=NCc1ccnc(-n2ccnc2)c1)NCCCN1CCC(C)CC1. The summed E-state index contributed by atoms with van der Waals surface area (Å²) in [6.07, 6.45) is 11.0. The second-order valence-corrected chi connectivity index (χ2v) is 7.49. The summed E-state index contributed by atoms with van der Waals surface area (Å²) >= 11 is 0. The maximum atomic E-state index is 4.73. The smallest absolute Gasteiger partial charge is 0.191 e. The normalized spacial score (nSPS) is 16.3. The van der Waals surface area contributed by atoms with Gasteiger partial charge < -0.3 is 15.5 Å². The number of rotatable bonds is 8. The Morgan fingerprint density at radius 3 is 2.86 bits per heavy atom. The largest absolute Gasteiger partial charge is 0.357 e.